The number of allylic oxidation sites excluding steroid dienone is 6. The van der Waals surface area contributed by atoms with E-state index in [0.29, 0.717) is 6.61 Å². The zero-order valence-electron chi connectivity index (χ0n) is 34.0. The van der Waals surface area contributed by atoms with Crippen molar-refractivity contribution in [3.05, 3.63) is 36.5 Å². The first kappa shape index (κ1) is 51.7. The fraction of sp³-hybridized carbons (Fsp3) is 0.837. The molecule has 0 heterocycles. The summed E-state index contributed by atoms with van der Waals surface area (Å²) in [7, 11) is -4.52. The third-order valence-corrected chi connectivity index (χ3v) is 10.00. The fourth-order valence-electron chi connectivity index (χ4n) is 5.73. The average molecular weight is 773 g/mol. The largest absolute Gasteiger partial charge is 0.472 e. The van der Waals surface area contributed by atoms with Gasteiger partial charge in [0, 0.05) is 13.0 Å². The molecule has 0 aliphatic heterocycles. The molecule has 0 aliphatic carbocycles. The molecular weight excluding hydrogens is 691 g/mol. The van der Waals surface area contributed by atoms with E-state index in [2.05, 4.69) is 50.3 Å². The second-order valence-corrected chi connectivity index (χ2v) is 15.8. The van der Waals surface area contributed by atoms with Gasteiger partial charge < -0.3 is 24.6 Å². The molecule has 0 saturated heterocycles. The number of carbonyl (C=O) groups is 1. The average Bonchev–Trinajstić information content (AvgIpc) is 3.15. The van der Waals surface area contributed by atoms with E-state index >= 15 is 0 Å². The molecule has 0 rings (SSSR count). The van der Waals surface area contributed by atoms with Crippen LogP contribution in [0.1, 0.15) is 187 Å². The number of phosphoric acid groups is 1. The minimum absolute atomic E-state index is 0.0426. The zero-order valence-corrected chi connectivity index (χ0v) is 34.9. The van der Waals surface area contributed by atoms with E-state index in [1.54, 1.807) is 0 Å². The van der Waals surface area contributed by atoms with Crippen molar-refractivity contribution >= 4 is 13.8 Å². The molecule has 0 amide bonds. The number of phosphoric ester groups is 1. The van der Waals surface area contributed by atoms with Gasteiger partial charge in [0.15, 0.2) is 0 Å². The Balaban J connectivity index is 4.18. The van der Waals surface area contributed by atoms with Crippen LogP contribution in [0.4, 0.5) is 0 Å². The minimum Gasteiger partial charge on any atom is -0.457 e. The Hall–Kier alpha value is -1.32. The molecule has 0 aromatic heterocycles. The topological polar surface area (TPSA) is 132 Å². The van der Waals surface area contributed by atoms with E-state index in [1.165, 1.54) is 96.3 Å². The molecule has 9 nitrogen and oxygen atoms in total. The molecule has 0 radical (unpaired) electrons. The highest BCUT2D eigenvalue weighted by molar-refractivity contribution is 7.47. The third-order valence-electron chi connectivity index (χ3n) is 9.05. The van der Waals surface area contributed by atoms with Crippen molar-refractivity contribution in [3.63, 3.8) is 0 Å². The molecule has 0 aromatic carbocycles. The maximum absolute atomic E-state index is 12.6. The summed E-state index contributed by atoms with van der Waals surface area (Å²) < 4.78 is 33.3. The minimum atomic E-state index is -4.52. The van der Waals surface area contributed by atoms with Gasteiger partial charge in [0.25, 0.3) is 0 Å². The van der Waals surface area contributed by atoms with Gasteiger partial charge in [-0.05, 0) is 70.6 Å². The van der Waals surface area contributed by atoms with Crippen LogP contribution in [0.3, 0.4) is 0 Å². The number of rotatable bonds is 41. The molecule has 3 N–H and O–H groups in total. The SMILES string of the molecule is CCCCC/C=C\C/C=C\CCCCCCCCCCOCC(COP(=O)(O)OCC(O)CO)OC(=O)CCCCCCC/C=C\CCCCCCC. The van der Waals surface area contributed by atoms with Gasteiger partial charge in [0.05, 0.1) is 26.4 Å². The molecule has 0 aliphatic rings. The van der Waals surface area contributed by atoms with E-state index in [1.807, 2.05) is 0 Å². The van der Waals surface area contributed by atoms with E-state index < -0.39 is 39.2 Å². The van der Waals surface area contributed by atoms with E-state index in [-0.39, 0.29) is 19.6 Å². The molecule has 0 aromatic rings. The predicted molar refractivity (Wildman–Crippen MR) is 219 cm³/mol. The molecule has 312 valence electrons. The van der Waals surface area contributed by atoms with Crippen LogP contribution >= 0.6 is 7.82 Å². The first-order valence-corrected chi connectivity index (χ1v) is 23.0. The Labute approximate surface area is 325 Å². The van der Waals surface area contributed by atoms with Crippen LogP contribution in [0, 0.1) is 0 Å². The number of ether oxygens (including phenoxy) is 2. The molecule has 0 saturated carbocycles. The lowest BCUT2D eigenvalue weighted by Crippen LogP contribution is -2.29. The lowest BCUT2D eigenvalue weighted by Gasteiger charge is -2.20. The third kappa shape index (κ3) is 40.2. The van der Waals surface area contributed by atoms with Crippen LogP contribution in [0.2, 0.25) is 0 Å². The summed E-state index contributed by atoms with van der Waals surface area (Å²) >= 11 is 0. The van der Waals surface area contributed by atoms with Crippen LogP contribution in [0.15, 0.2) is 36.5 Å². The first-order chi connectivity index (χ1) is 25.8. The molecule has 0 fully saturated rings. The Bertz CT molecular complexity index is 923. The molecular formula is C43H81O9P. The monoisotopic (exact) mass is 773 g/mol. The highest BCUT2D eigenvalue weighted by Crippen LogP contribution is 2.43. The molecule has 0 bridgehead atoms. The number of hydrogen-bond donors (Lipinski definition) is 3. The number of aliphatic hydroxyl groups excluding tert-OH is 2. The maximum atomic E-state index is 12.6. The van der Waals surface area contributed by atoms with Gasteiger partial charge in [-0.1, -0.05) is 147 Å². The van der Waals surface area contributed by atoms with Crippen molar-refractivity contribution in [2.75, 3.05) is 33.0 Å². The van der Waals surface area contributed by atoms with Gasteiger partial charge in [-0.2, -0.15) is 0 Å². The smallest absolute Gasteiger partial charge is 0.457 e. The van der Waals surface area contributed by atoms with Crippen LogP contribution in [0.25, 0.3) is 0 Å². The van der Waals surface area contributed by atoms with E-state index in [9.17, 15) is 19.4 Å². The second kappa shape index (κ2) is 40.3. The fourth-order valence-corrected chi connectivity index (χ4v) is 6.52. The Kier molecular flexibility index (Phi) is 39.3. The van der Waals surface area contributed by atoms with Crippen molar-refractivity contribution in [1.82, 2.24) is 0 Å². The molecule has 53 heavy (non-hydrogen) atoms. The number of hydrogen-bond acceptors (Lipinski definition) is 8. The second-order valence-electron chi connectivity index (χ2n) is 14.4. The highest BCUT2D eigenvalue weighted by atomic mass is 31.2. The van der Waals surface area contributed by atoms with Crippen molar-refractivity contribution in [2.45, 2.75) is 199 Å². The van der Waals surface area contributed by atoms with Crippen LogP contribution in [-0.2, 0) is 27.9 Å². The maximum Gasteiger partial charge on any atom is 0.472 e. The molecule has 0 spiro atoms. The summed E-state index contributed by atoms with van der Waals surface area (Å²) in [5.74, 6) is -0.394. The van der Waals surface area contributed by atoms with Gasteiger partial charge in [0.1, 0.15) is 12.2 Å². The number of aliphatic hydroxyl groups is 2. The zero-order chi connectivity index (χ0) is 38.9. The lowest BCUT2D eigenvalue weighted by molar-refractivity contribution is -0.154. The summed E-state index contributed by atoms with van der Waals surface area (Å²) in [6, 6.07) is 0. The summed E-state index contributed by atoms with van der Waals surface area (Å²) in [6.45, 7) is 3.47. The van der Waals surface area contributed by atoms with Gasteiger partial charge in [-0.3, -0.25) is 13.8 Å². The quantitative estimate of drug-likeness (QED) is 0.0240. The van der Waals surface area contributed by atoms with Gasteiger partial charge >= 0.3 is 13.8 Å². The van der Waals surface area contributed by atoms with Gasteiger partial charge in [-0.15, -0.1) is 0 Å². The summed E-state index contributed by atoms with van der Waals surface area (Å²) in [5, 5.41) is 18.3. The standard InChI is InChI=1S/C43H81O9P/c1-3-5-7-9-11-13-15-17-19-20-21-22-24-26-28-30-32-34-36-49-39-42(40-51-53(47,48)50-38-41(45)37-44)52-43(46)35-33-31-29-27-25-23-18-16-14-12-10-8-6-4-2/h11,13,16-19,41-42,44-45H,3-10,12,14-15,20-40H2,1-2H3,(H,47,48)/b13-11-,18-16-,19-17-. The van der Waals surface area contributed by atoms with Crippen LogP contribution in [0.5, 0.6) is 0 Å². The normalized spacial score (nSPS) is 14.4. The van der Waals surface area contributed by atoms with Crippen molar-refractivity contribution in [2.24, 2.45) is 0 Å². The van der Waals surface area contributed by atoms with Crippen molar-refractivity contribution in [1.29, 1.82) is 0 Å². The first-order valence-electron chi connectivity index (χ1n) is 21.5. The summed E-state index contributed by atoms with van der Waals surface area (Å²) in [6.07, 6.45) is 42.4. The van der Waals surface area contributed by atoms with Crippen LogP contribution in [-0.4, -0.2) is 66.3 Å². The van der Waals surface area contributed by atoms with Gasteiger partial charge in [0.2, 0.25) is 0 Å². The Morgan fingerprint density at radius 1 is 0.585 bits per heavy atom. The van der Waals surface area contributed by atoms with Crippen LogP contribution < -0.4 is 0 Å². The predicted octanol–water partition coefficient (Wildman–Crippen LogP) is 11.6. The summed E-state index contributed by atoms with van der Waals surface area (Å²) in [4.78, 5) is 22.5. The molecule has 3 unspecified atom stereocenters. The number of esters is 1. The van der Waals surface area contributed by atoms with Crippen molar-refractivity contribution < 1.29 is 43.0 Å². The van der Waals surface area contributed by atoms with E-state index in [0.717, 1.165) is 70.6 Å². The van der Waals surface area contributed by atoms with Gasteiger partial charge in [-0.25, -0.2) is 4.57 Å². The number of carbonyl (C=O) groups excluding carboxylic acids is 1. The number of unbranched alkanes of at least 4 members (excludes halogenated alkanes) is 21. The molecule has 3 atom stereocenters. The van der Waals surface area contributed by atoms with E-state index in [4.69, 9.17) is 23.6 Å². The summed E-state index contributed by atoms with van der Waals surface area (Å²) in [5.41, 5.74) is 0. The van der Waals surface area contributed by atoms with Crippen molar-refractivity contribution in [3.8, 4) is 0 Å². The lowest BCUT2D eigenvalue weighted by atomic mass is 10.1. The molecule has 10 heteroatoms. The highest BCUT2D eigenvalue weighted by Gasteiger charge is 2.26. The Morgan fingerprint density at radius 3 is 1.57 bits per heavy atom. The Morgan fingerprint density at radius 2 is 1.02 bits per heavy atom.